The van der Waals surface area contributed by atoms with Crippen LogP contribution in [0.2, 0.25) is 0 Å². The van der Waals surface area contributed by atoms with E-state index in [0.717, 1.165) is 40.2 Å². The third-order valence-corrected chi connectivity index (χ3v) is 4.33. The van der Waals surface area contributed by atoms with Crippen LogP contribution in [-0.4, -0.2) is 17.6 Å². The second-order valence-electron chi connectivity index (χ2n) is 6.15. The molecule has 0 aliphatic carbocycles. The average molecular weight is 314 g/mol. The molecule has 2 rings (SSSR count). The molecule has 0 spiro atoms. The van der Waals surface area contributed by atoms with Gasteiger partial charge >= 0.3 is 0 Å². The maximum Gasteiger partial charge on any atom is 0.251 e. The molecule has 2 aromatic rings. The predicted octanol–water partition coefficient (Wildman–Crippen LogP) is 4.02. The molecule has 0 bridgehead atoms. The molecule has 23 heavy (non-hydrogen) atoms. The van der Waals surface area contributed by atoms with Crippen LogP contribution in [0.25, 0.3) is 11.1 Å². The number of hydrogen-bond acceptors (Lipinski definition) is 2. The molecule has 0 radical (unpaired) electrons. The Labute approximate surface area is 138 Å². The summed E-state index contributed by atoms with van der Waals surface area (Å²) < 4.78 is 7.56. The fourth-order valence-corrected chi connectivity index (χ4v) is 3.46. The fraction of sp³-hybridized carbons (Fsp3) is 0.421. The summed E-state index contributed by atoms with van der Waals surface area (Å²) in [5.41, 5.74) is 11.4. The van der Waals surface area contributed by atoms with E-state index in [-0.39, 0.29) is 11.9 Å². The zero-order valence-corrected chi connectivity index (χ0v) is 14.9. The number of aromatic nitrogens is 1. The van der Waals surface area contributed by atoms with Gasteiger partial charge in [-0.15, -0.1) is 0 Å². The van der Waals surface area contributed by atoms with Gasteiger partial charge in [-0.25, -0.2) is 0 Å². The van der Waals surface area contributed by atoms with E-state index in [1.165, 1.54) is 0 Å². The van der Waals surface area contributed by atoms with Crippen LogP contribution in [0.4, 0.5) is 0 Å². The number of benzene rings is 1. The molecule has 1 amide bonds. The van der Waals surface area contributed by atoms with E-state index in [0.29, 0.717) is 5.56 Å². The third-order valence-electron chi connectivity index (χ3n) is 4.33. The van der Waals surface area contributed by atoms with Crippen LogP contribution in [0.3, 0.4) is 0 Å². The fourth-order valence-electron chi connectivity index (χ4n) is 3.46. The lowest BCUT2D eigenvalue weighted by Gasteiger charge is -2.16. The highest BCUT2D eigenvalue weighted by molar-refractivity contribution is 6.02. The lowest BCUT2D eigenvalue weighted by atomic mass is 9.97. The SMILES string of the molecule is CCc1c(-c2ccc(OC)c(C)c2)c(C(N)=O)c(C)n1C(C)C. The van der Waals surface area contributed by atoms with Crippen molar-refractivity contribution in [2.45, 2.75) is 47.1 Å². The number of hydrogen-bond donors (Lipinski definition) is 1. The summed E-state index contributed by atoms with van der Waals surface area (Å²) in [4.78, 5) is 12.1. The highest BCUT2D eigenvalue weighted by Gasteiger charge is 2.25. The summed E-state index contributed by atoms with van der Waals surface area (Å²) in [6.45, 7) is 10.3. The Morgan fingerprint density at radius 2 is 1.96 bits per heavy atom. The van der Waals surface area contributed by atoms with Gasteiger partial charge in [-0.3, -0.25) is 4.79 Å². The molecule has 0 atom stereocenters. The minimum Gasteiger partial charge on any atom is -0.496 e. The minimum atomic E-state index is -0.375. The molecular formula is C19H26N2O2. The van der Waals surface area contributed by atoms with Gasteiger partial charge in [0.05, 0.1) is 12.7 Å². The van der Waals surface area contributed by atoms with Crippen LogP contribution in [-0.2, 0) is 6.42 Å². The minimum absolute atomic E-state index is 0.274. The summed E-state index contributed by atoms with van der Waals surface area (Å²) in [6.07, 6.45) is 0.840. The number of primary amides is 1. The zero-order valence-electron chi connectivity index (χ0n) is 14.9. The average Bonchev–Trinajstić information content (AvgIpc) is 2.79. The van der Waals surface area contributed by atoms with Crippen molar-refractivity contribution >= 4 is 5.91 Å². The lowest BCUT2D eigenvalue weighted by Crippen LogP contribution is -2.14. The standard InChI is InChI=1S/C19H26N2O2/c1-7-15-18(14-8-9-16(23-6)12(4)10-14)17(19(20)22)13(5)21(15)11(2)3/h8-11H,7H2,1-6H3,(H2,20,22). The molecule has 0 unspecified atom stereocenters. The normalized spacial score (nSPS) is 11.1. The van der Waals surface area contributed by atoms with E-state index in [4.69, 9.17) is 10.5 Å². The molecule has 0 saturated carbocycles. The quantitative estimate of drug-likeness (QED) is 0.906. The third kappa shape index (κ3) is 2.85. The molecule has 0 aliphatic rings. The Kier molecular flexibility index (Phi) is 4.83. The van der Waals surface area contributed by atoms with Gasteiger partial charge in [-0.2, -0.15) is 0 Å². The maximum absolute atomic E-state index is 12.1. The van der Waals surface area contributed by atoms with Crippen molar-refractivity contribution in [1.82, 2.24) is 4.57 Å². The molecule has 1 heterocycles. The van der Waals surface area contributed by atoms with Gasteiger partial charge in [0, 0.05) is 23.0 Å². The van der Waals surface area contributed by atoms with Crippen LogP contribution in [0.1, 0.15) is 54.1 Å². The Hall–Kier alpha value is -2.23. The van der Waals surface area contributed by atoms with E-state index >= 15 is 0 Å². The summed E-state index contributed by atoms with van der Waals surface area (Å²) >= 11 is 0. The van der Waals surface area contributed by atoms with E-state index in [9.17, 15) is 4.79 Å². The number of rotatable bonds is 5. The van der Waals surface area contributed by atoms with Crippen LogP contribution in [0.5, 0.6) is 5.75 Å². The largest absolute Gasteiger partial charge is 0.496 e. The van der Waals surface area contributed by atoms with E-state index < -0.39 is 0 Å². The van der Waals surface area contributed by atoms with E-state index in [1.807, 2.05) is 26.0 Å². The number of nitrogens with zero attached hydrogens (tertiary/aromatic N) is 1. The van der Waals surface area contributed by atoms with Crippen molar-refractivity contribution in [2.75, 3.05) is 7.11 Å². The molecule has 4 nitrogen and oxygen atoms in total. The number of amides is 1. The highest BCUT2D eigenvalue weighted by Crippen LogP contribution is 2.36. The van der Waals surface area contributed by atoms with Gasteiger partial charge in [0.15, 0.2) is 0 Å². The number of ether oxygens (including phenoxy) is 1. The van der Waals surface area contributed by atoms with Crippen molar-refractivity contribution < 1.29 is 9.53 Å². The summed E-state index contributed by atoms with van der Waals surface area (Å²) in [6, 6.07) is 6.27. The lowest BCUT2D eigenvalue weighted by molar-refractivity contribution is 0.1000. The first kappa shape index (κ1) is 17.1. The number of carbonyl (C=O) groups is 1. The first-order chi connectivity index (χ1) is 10.8. The Morgan fingerprint density at radius 3 is 2.39 bits per heavy atom. The second-order valence-corrected chi connectivity index (χ2v) is 6.15. The smallest absolute Gasteiger partial charge is 0.251 e. The van der Waals surface area contributed by atoms with Gasteiger partial charge in [0.2, 0.25) is 0 Å². The maximum atomic E-state index is 12.1. The molecule has 2 N–H and O–H groups in total. The topological polar surface area (TPSA) is 57.2 Å². The Balaban J connectivity index is 2.82. The number of carbonyl (C=O) groups excluding carboxylic acids is 1. The summed E-state index contributed by atoms with van der Waals surface area (Å²) in [7, 11) is 1.66. The molecule has 4 heteroatoms. The molecule has 0 saturated heterocycles. The predicted molar refractivity (Wildman–Crippen MR) is 94.2 cm³/mol. The van der Waals surface area contributed by atoms with Crippen LogP contribution >= 0.6 is 0 Å². The molecule has 0 aliphatic heterocycles. The number of aryl methyl sites for hydroxylation is 1. The van der Waals surface area contributed by atoms with Crippen molar-refractivity contribution in [3.8, 4) is 16.9 Å². The van der Waals surface area contributed by atoms with Gasteiger partial charge in [-0.05, 0) is 57.4 Å². The van der Waals surface area contributed by atoms with Gasteiger partial charge in [0.1, 0.15) is 5.75 Å². The first-order valence-electron chi connectivity index (χ1n) is 8.01. The van der Waals surface area contributed by atoms with Crippen molar-refractivity contribution in [1.29, 1.82) is 0 Å². The molecule has 124 valence electrons. The molecular weight excluding hydrogens is 288 g/mol. The number of nitrogens with two attached hydrogens (primary N) is 1. The van der Waals surface area contributed by atoms with Crippen molar-refractivity contribution in [3.63, 3.8) is 0 Å². The van der Waals surface area contributed by atoms with Crippen LogP contribution in [0.15, 0.2) is 18.2 Å². The molecule has 0 fully saturated rings. The molecule has 1 aromatic carbocycles. The van der Waals surface area contributed by atoms with Gasteiger partial charge in [-0.1, -0.05) is 13.0 Å². The highest BCUT2D eigenvalue weighted by atomic mass is 16.5. The second kappa shape index (κ2) is 6.49. The summed E-state index contributed by atoms with van der Waals surface area (Å²) in [5.74, 6) is 0.465. The van der Waals surface area contributed by atoms with Crippen molar-refractivity contribution in [3.05, 3.63) is 40.7 Å². The number of methoxy groups -OCH3 is 1. The Morgan fingerprint density at radius 1 is 1.30 bits per heavy atom. The van der Waals surface area contributed by atoms with Gasteiger partial charge in [0.25, 0.3) is 5.91 Å². The molecule has 1 aromatic heterocycles. The van der Waals surface area contributed by atoms with E-state index in [2.05, 4.69) is 31.4 Å². The first-order valence-corrected chi connectivity index (χ1v) is 8.01. The van der Waals surface area contributed by atoms with Crippen molar-refractivity contribution in [2.24, 2.45) is 5.73 Å². The van der Waals surface area contributed by atoms with Crippen LogP contribution < -0.4 is 10.5 Å². The van der Waals surface area contributed by atoms with Gasteiger partial charge < -0.3 is 15.0 Å². The summed E-state index contributed by atoms with van der Waals surface area (Å²) in [5, 5.41) is 0. The zero-order chi connectivity index (χ0) is 17.3. The Bertz CT molecular complexity index is 742. The van der Waals surface area contributed by atoms with Crippen LogP contribution in [0, 0.1) is 13.8 Å². The van der Waals surface area contributed by atoms with E-state index in [1.54, 1.807) is 7.11 Å². The monoisotopic (exact) mass is 314 g/mol.